The van der Waals surface area contributed by atoms with E-state index in [1.165, 1.54) is 48.2 Å². The number of ether oxygens (including phenoxy) is 1. The molecule has 1 fully saturated rings. The van der Waals surface area contributed by atoms with E-state index in [9.17, 15) is 24.1 Å². The van der Waals surface area contributed by atoms with Crippen LogP contribution < -0.4 is 4.74 Å². The fourth-order valence-electron chi connectivity index (χ4n) is 4.40. The van der Waals surface area contributed by atoms with Gasteiger partial charge in [0, 0.05) is 33.0 Å². The van der Waals surface area contributed by atoms with Crippen LogP contribution in [-0.4, -0.2) is 59.3 Å². The Bertz CT molecular complexity index is 1040. The largest absolute Gasteiger partial charge is 0.496 e. The molecule has 170 valence electrons. The molecular weight excluding hydrogens is 417 g/mol. The lowest BCUT2D eigenvalue weighted by atomic mass is 9.81. The molecule has 1 aliphatic rings. The fourth-order valence-corrected chi connectivity index (χ4v) is 4.40. The maximum Gasteiger partial charge on any atom is 0.276 e. The Labute approximate surface area is 185 Å². The zero-order valence-electron chi connectivity index (χ0n) is 18.5. The molecule has 2 atom stereocenters. The van der Waals surface area contributed by atoms with Crippen LogP contribution in [0, 0.1) is 15.9 Å². The van der Waals surface area contributed by atoms with Gasteiger partial charge in [-0.2, -0.15) is 0 Å². The topological polar surface area (TPSA) is 93.0 Å². The fraction of sp³-hybridized carbons (Fsp3) is 0.391. The molecule has 2 aromatic rings. The number of halogens is 1. The molecule has 0 spiro atoms. The Kier molecular flexibility index (Phi) is 6.47. The molecule has 0 aliphatic carbocycles. The first-order valence-electron chi connectivity index (χ1n) is 10.3. The van der Waals surface area contributed by atoms with E-state index in [4.69, 9.17) is 4.74 Å². The van der Waals surface area contributed by atoms with Crippen molar-refractivity contribution >= 4 is 17.5 Å². The molecule has 0 N–H and O–H groups in total. The summed E-state index contributed by atoms with van der Waals surface area (Å²) in [4.78, 5) is 40.8. The van der Waals surface area contributed by atoms with Crippen LogP contribution in [0.15, 0.2) is 42.5 Å². The van der Waals surface area contributed by atoms with Crippen LogP contribution in [0.3, 0.4) is 0 Å². The van der Waals surface area contributed by atoms with Crippen molar-refractivity contribution in [3.05, 3.63) is 69.5 Å². The molecule has 1 saturated heterocycles. The molecule has 32 heavy (non-hydrogen) atoms. The minimum absolute atomic E-state index is 0.0535. The van der Waals surface area contributed by atoms with E-state index in [-0.39, 0.29) is 47.5 Å². The normalized spacial score (nSPS) is 21.1. The average molecular weight is 443 g/mol. The number of hydrogen-bond acceptors (Lipinski definition) is 5. The summed E-state index contributed by atoms with van der Waals surface area (Å²) >= 11 is 0. The summed E-state index contributed by atoms with van der Waals surface area (Å²) in [7, 11) is 4.51. The van der Waals surface area contributed by atoms with E-state index in [2.05, 4.69) is 0 Å². The lowest BCUT2D eigenvalue weighted by Crippen LogP contribution is -2.70. The Morgan fingerprint density at radius 2 is 1.81 bits per heavy atom. The highest BCUT2D eigenvalue weighted by atomic mass is 19.1. The number of carbonyl (C=O) groups excluding carboxylic acids is 2. The Balaban J connectivity index is 1.98. The lowest BCUT2D eigenvalue weighted by molar-refractivity contribution is -0.385. The number of likely N-dealkylation sites (N-methyl/N-ethyl adjacent to an activating group) is 2. The van der Waals surface area contributed by atoms with Gasteiger partial charge in [0.2, 0.25) is 11.8 Å². The first kappa shape index (κ1) is 23.2. The van der Waals surface area contributed by atoms with Crippen molar-refractivity contribution in [2.75, 3.05) is 21.2 Å². The summed E-state index contributed by atoms with van der Waals surface area (Å²) in [6.07, 6.45) is 0.538. The molecule has 9 heteroatoms. The van der Waals surface area contributed by atoms with E-state index in [0.29, 0.717) is 6.42 Å². The smallest absolute Gasteiger partial charge is 0.276 e. The van der Waals surface area contributed by atoms with Crippen molar-refractivity contribution in [2.24, 2.45) is 0 Å². The second-order valence-corrected chi connectivity index (χ2v) is 7.94. The third-order valence-corrected chi connectivity index (χ3v) is 6.36. The van der Waals surface area contributed by atoms with Gasteiger partial charge >= 0.3 is 0 Å². The van der Waals surface area contributed by atoms with Gasteiger partial charge < -0.3 is 14.5 Å². The van der Waals surface area contributed by atoms with Crippen LogP contribution in [0.2, 0.25) is 0 Å². The minimum Gasteiger partial charge on any atom is -0.496 e. The van der Waals surface area contributed by atoms with Gasteiger partial charge in [-0.3, -0.25) is 19.7 Å². The average Bonchev–Trinajstić information content (AvgIpc) is 2.79. The van der Waals surface area contributed by atoms with Crippen LogP contribution in [-0.2, 0) is 22.4 Å². The summed E-state index contributed by atoms with van der Waals surface area (Å²) in [5.41, 5.74) is -0.311. The first-order chi connectivity index (χ1) is 15.2. The van der Waals surface area contributed by atoms with Gasteiger partial charge in [-0.05, 0) is 30.2 Å². The molecule has 2 unspecified atom stereocenters. The second-order valence-electron chi connectivity index (χ2n) is 7.94. The van der Waals surface area contributed by atoms with Gasteiger partial charge in [0.25, 0.3) is 5.69 Å². The lowest BCUT2D eigenvalue weighted by Gasteiger charge is -2.50. The number of rotatable bonds is 7. The van der Waals surface area contributed by atoms with Crippen LogP contribution >= 0.6 is 0 Å². The minimum atomic E-state index is -1.13. The zero-order valence-corrected chi connectivity index (χ0v) is 18.5. The molecule has 3 rings (SSSR count). The first-order valence-corrected chi connectivity index (χ1v) is 10.3. The molecule has 2 amide bonds. The number of nitrogens with zero attached hydrogens (tertiary/aromatic N) is 3. The number of nitro benzene ring substituents is 1. The van der Waals surface area contributed by atoms with E-state index < -0.39 is 16.5 Å². The van der Waals surface area contributed by atoms with Crippen LogP contribution in [0.1, 0.15) is 24.5 Å². The van der Waals surface area contributed by atoms with Gasteiger partial charge in [-0.15, -0.1) is 0 Å². The third-order valence-electron chi connectivity index (χ3n) is 6.36. The third kappa shape index (κ3) is 3.90. The highest BCUT2D eigenvalue weighted by Crippen LogP contribution is 2.36. The second kappa shape index (κ2) is 8.94. The van der Waals surface area contributed by atoms with Crippen molar-refractivity contribution in [3.8, 4) is 5.75 Å². The Morgan fingerprint density at radius 3 is 2.38 bits per heavy atom. The molecule has 8 nitrogen and oxygen atoms in total. The van der Waals surface area contributed by atoms with E-state index in [1.807, 2.05) is 6.92 Å². The maximum absolute atomic E-state index is 13.6. The maximum atomic E-state index is 13.6. The highest BCUT2D eigenvalue weighted by Gasteiger charge is 2.53. The summed E-state index contributed by atoms with van der Waals surface area (Å²) in [6.45, 7) is 1.82. The predicted molar refractivity (Wildman–Crippen MR) is 116 cm³/mol. The highest BCUT2D eigenvalue weighted by molar-refractivity contribution is 6.00. The molecule has 0 saturated carbocycles. The molecule has 1 aliphatic heterocycles. The van der Waals surface area contributed by atoms with Gasteiger partial charge in [0.05, 0.1) is 17.6 Å². The quantitative estimate of drug-likeness (QED) is 0.485. The van der Waals surface area contributed by atoms with Crippen molar-refractivity contribution in [1.29, 1.82) is 0 Å². The predicted octanol–water partition coefficient (Wildman–Crippen LogP) is 2.98. The Morgan fingerprint density at radius 1 is 1.16 bits per heavy atom. The van der Waals surface area contributed by atoms with Crippen molar-refractivity contribution in [3.63, 3.8) is 0 Å². The van der Waals surface area contributed by atoms with Gasteiger partial charge in [0.1, 0.15) is 23.1 Å². The summed E-state index contributed by atoms with van der Waals surface area (Å²) < 4.78 is 18.6. The van der Waals surface area contributed by atoms with Crippen molar-refractivity contribution in [2.45, 2.75) is 37.8 Å². The molecule has 0 radical (unpaired) electrons. The molecule has 2 aromatic carbocycles. The summed E-state index contributed by atoms with van der Waals surface area (Å²) in [6, 6.07) is 9.37. The number of nitro groups is 1. The van der Waals surface area contributed by atoms with Crippen LogP contribution in [0.4, 0.5) is 10.1 Å². The van der Waals surface area contributed by atoms with E-state index >= 15 is 0 Å². The number of amides is 2. The zero-order chi connectivity index (χ0) is 23.6. The van der Waals surface area contributed by atoms with E-state index in [0.717, 1.165) is 5.56 Å². The van der Waals surface area contributed by atoms with Gasteiger partial charge in [0.15, 0.2) is 0 Å². The van der Waals surface area contributed by atoms with Gasteiger partial charge in [-0.25, -0.2) is 4.39 Å². The summed E-state index contributed by atoms with van der Waals surface area (Å²) in [5, 5.41) is 11.5. The van der Waals surface area contributed by atoms with Crippen molar-refractivity contribution < 1.29 is 23.6 Å². The number of hydrogen-bond donors (Lipinski definition) is 0. The van der Waals surface area contributed by atoms with Crippen LogP contribution in [0.5, 0.6) is 5.75 Å². The molecule has 0 bridgehead atoms. The number of piperazine rings is 1. The van der Waals surface area contributed by atoms with Crippen molar-refractivity contribution in [1.82, 2.24) is 9.80 Å². The molecular formula is C23H26FN3O5. The number of carbonyl (C=O) groups is 2. The van der Waals surface area contributed by atoms with Crippen LogP contribution in [0.25, 0.3) is 0 Å². The summed E-state index contributed by atoms with van der Waals surface area (Å²) in [5.74, 6) is -0.686. The van der Waals surface area contributed by atoms with E-state index in [1.54, 1.807) is 25.2 Å². The number of benzene rings is 2. The monoisotopic (exact) mass is 443 g/mol. The molecule has 1 heterocycles. The standard InChI is InChI=1S/C23H26FN3O5/c1-5-23(14-15-9-11-16(24)12-10-15)22(29)25(2)19(21(28)26(23)3)13-17-18(27(30)31)7-6-8-20(17)32-4/h6-12,19H,5,13-14H2,1-4H3. The van der Waals surface area contributed by atoms with Gasteiger partial charge in [-0.1, -0.05) is 25.1 Å². The Hall–Kier alpha value is -3.49. The molecule has 0 aromatic heterocycles. The SMILES string of the molecule is CCC1(Cc2ccc(F)cc2)C(=O)N(C)C(Cc2c(OC)cccc2[N+](=O)[O-])C(=O)N1C. The number of methoxy groups -OCH3 is 1.